The molecule has 2 aromatic rings. The number of carbonyl (C=O) groups is 1. The van der Waals surface area contributed by atoms with E-state index in [4.69, 9.17) is 0 Å². The molecule has 2 aliphatic rings. The van der Waals surface area contributed by atoms with Gasteiger partial charge in [-0.2, -0.15) is 0 Å². The molecule has 0 bridgehead atoms. The van der Waals surface area contributed by atoms with Crippen molar-refractivity contribution in [1.82, 2.24) is 19.4 Å². The quantitative estimate of drug-likeness (QED) is 0.827. The van der Waals surface area contributed by atoms with Crippen molar-refractivity contribution in [2.45, 2.75) is 12.8 Å². The monoisotopic (exact) mass is 285 g/mol. The van der Waals surface area contributed by atoms with Crippen molar-refractivity contribution in [1.29, 1.82) is 0 Å². The summed E-state index contributed by atoms with van der Waals surface area (Å²) in [6.07, 6.45) is 5.79. The lowest BCUT2D eigenvalue weighted by Gasteiger charge is -2.35. The number of amides is 1. The molecule has 2 aromatic heterocycles. The summed E-state index contributed by atoms with van der Waals surface area (Å²) in [6.45, 7) is 3.29. The third-order valence-corrected chi connectivity index (χ3v) is 4.46. The zero-order valence-corrected chi connectivity index (χ0v) is 12.2. The Morgan fingerprint density at radius 1 is 1.19 bits per heavy atom. The summed E-state index contributed by atoms with van der Waals surface area (Å²) in [5, 5.41) is 1.09. The number of anilines is 1. The predicted octanol–water partition coefficient (Wildman–Crippen LogP) is 1.03. The number of aromatic nitrogens is 3. The van der Waals surface area contributed by atoms with E-state index in [0.717, 1.165) is 55.9 Å². The van der Waals surface area contributed by atoms with Gasteiger partial charge in [-0.15, -0.1) is 0 Å². The fraction of sp³-hybridized carbons (Fsp3) is 0.533. The molecule has 1 saturated heterocycles. The Hall–Kier alpha value is -2.11. The predicted molar refractivity (Wildman–Crippen MR) is 80.0 cm³/mol. The van der Waals surface area contributed by atoms with E-state index < -0.39 is 0 Å². The molecular formula is C15H19N5O. The van der Waals surface area contributed by atoms with Crippen molar-refractivity contribution in [2.24, 2.45) is 13.0 Å². The molecule has 0 aromatic carbocycles. The molecule has 1 saturated carbocycles. The number of rotatable bonds is 2. The number of piperazine rings is 1. The van der Waals surface area contributed by atoms with E-state index in [9.17, 15) is 4.79 Å². The van der Waals surface area contributed by atoms with E-state index in [2.05, 4.69) is 20.9 Å². The molecule has 6 nitrogen and oxygen atoms in total. The lowest BCUT2D eigenvalue weighted by atomic mass is 10.2. The van der Waals surface area contributed by atoms with Crippen molar-refractivity contribution < 1.29 is 4.79 Å². The van der Waals surface area contributed by atoms with Crippen LogP contribution in [0.4, 0.5) is 5.82 Å². The Bertz CT molecular complexity index is 682. The van der Waals surface area contributed by atoms with Gasteiger partial charge in [-0.1, -0.05) is 0 Å². The molecule has 4 rings (SSSR count). The Morgan fingerprint density at radius 3 is 2.67 bits per heavy atom. The molecule has 3 heterocycles. The van der Waals surface area contributed by atoms with Gasteiger partial charge in [0.05, 0.1) is 5.39 Å². The van der Waals surface area contributed by atoms with Gasteiger partial charge in [-0.3, -0.25) is 4.79 Å². The lowest BCUT2D eigenvalue weighted by molar-refractivity contribution is -0.132. The van der Waals surface area contributed by atoms with Crippen molar-refractivity contribution in [3.05, 3.63) is 18.6 Å². The van der Waals surface area contributed by atoms with Crippen LogP contribution in [-0.4, -0.2) is 51.5 Å². The van der Waals surface area contributed by atoms with Gasteiger partial charge < -0.3 is 14.4 Å². The number of hydrogen-bond donors (Lipinski definition) is 0. The van der Waals surface area contributed by atoms with Crippen molar-refractivity contribution >= 4 is 22.8 Å². The van der Waals surface area contributed by atoms with E-state index in [1.165, 1.54) is 0 Å². The summed E-state index contributed by atoms with van der Waals surface area (Å²) >= 11 is 0. The molecule has 0 spiro atoms. The molecule has 1 aliphatic carbocycles. The highest BCUT2D eigenvalue weighted by molar-refractivity contribution is 5.88. The topological polar surface area (TPSA) is 54.3 Å². The van der Waals surface area contributed by atoms with E-state index in [0.29, 0.717) is 11.8 Å². The molecule has 1 amide bonds. The smallest absolute Gasteiger partial charge is 0.225 e. The van der Waals surface area contributed by atoms with Gasteiger partial charge in [0, 0.05) is 45.3 Å². The maximum Gasteiger partial charge on any atom is 0.225 e. The summed E-state index contributed by atoms with van der Waals surface area (Å²) in [5.41, 5.74) is 0.955. The number of hydrogen-bond acceptors (Lipinski definition) is 4. The molecule has 1 aliphatic heterocycles. The fourth-order valence-corrected chi connectivity index (χ4v) is 3.04. The molecule has 21 heavy (non-hydrogen) atoms. The standard InChI is InChI=1S/C15H19N5O/c1-18-5-4-12-13(18)16-10-17-14(12)19-6-8-20(9-7-19)15(21)11-2-3-11/h4-5,10-11H,2-3,6-9H2,1H3. The molecule has 0 unspecified atom stereocenters. The van der Waals surface area contributed by atoms with Gasteiger partial charge >= 0.3 is 0 Å². The van der Waals surface area contributed by atoms with Crippen molar-refractivity contribution in [3.8, 4) is 0 Å². The third kappa shape index (κ3) is 2.14. The zero-order valence-electron chi connectivity index (χ0n) is 12.2. The molecule has 110 valence electrons. The normalized spacial score (nSPS) is 19.3. The van der Waals surface area contributed by atoms with Crippen LogP contribution in [0.1, 0.15) is 12.8 Å². The number of aryl methyl sites for hydroxylation is 1. The van der Waals surface area contributed by atoms with Crippen molar-refractivity contribution in [2.75, 3.05) is 31.1 Å². The highest BCUT2D eigenvalue weighted by atomic mass is 16.2. The number of fused-ring (bicyclic) bond motifs is 1. The fourth-order valence-electron chi connectivity index (χ4n) is 3.04. The van der Waals surface area contributed by atoms with Crippen molar-refractivity contribution in [3.63, 3.8) is 0 Å². The van der Waals surface area contributed by atoms with E-state index in [-0.39, 0.29) is 0 Å². The first-order valence-corrected chi connectivity index (χ1v) is 7.54. The highest BCUT2D eigenvalue weighted by Crippen LogP contribution is 2.32. The second kappa shape index (κ2) is 4.72. The van der Waals surface area contributed by atoms with Gasteiger partial charge in [0.15, 0.2) is 0 Å². The van der Waals surface area contributed by atoms with E-state index in [1.54, 1.807) is 6.33 Å². The van der Waals surface area contributed by atoms with Gasteiger partial charge in [0.1, 0.15) is 17.8 Å². The Kier molecular flexibility index (Phi) is 2.83. The van der Waals surface area contributed by atoms with E-state index >= 15 is 0 Å². The van der Waals surface area contributed by atoms with Crippen LogP contribution in [0.3, 0.4) is 0 Å². The van der Waals surface area contributed by atoms with Crippen LogP contribution in [0.5, 0.6) is 0 Å². The largest absolute Gasteiger partial charge is 0.352 e. The highest BCUT2D eigenvalue weighted by Gasteiger charge is 2.34. The first kappa shape index (κ1) is 12.6. The molecule has 0 N–H and O–H groups in total. The first-order valence-electron chi connectivity index (χ1n) is 7.54. The summed E-state index contributed by atoms with van der Waals surface area (Å²) < 4.78 is 2.01. The Morgan fingerprint density at radius 2 is 1.95 bits per heavy atom. The summed E-state index contributed by atoms with van der Waals surface area (Å²) in [6, 6.07) is 2.06. The van der Waals surface area contributed by atoms with Crippen LogP contribution < -0.4 is 4.90 Å². The van der Waals surface area contributed by atoms with Crippen LogP contribution in [0, 0.1) is 5.92 Å². The van der Waals surface area contributed by atoms with Crippen LogP contribution in [0.15, 0.2) is 18.6 Å². The SMILES string of the molecule is Cn1ccc2c(N3CCN(C(=O)C4CC4)CC3)ncnc21. The van der Waals surface area contributed by atoms with Crippen LogP contribution >= 0.6 is 0 Å². The second-order valence-corrected chi connectivity index (χ2v) is 5.95. The lowest BCUT2D eigenvalue weighted by Crippen LogP contribution is -2.49. The van der Waals surface area contributed by atoms with Gasteiger partial charge in [-0.25, -0.2) is 9.97 Å². The van der Waals surface area contributed by atoms with Gasteiger partial charge in [-0.05, 0) is 18.9 Å². The summed E-state index contributed by atoms with van der Waals surface area (Å²) in [7, 11) is 1.99. The average molecular weight is 285 g/mol. The maximum absolute atomic E-state index is 12.1. The van der Waals surface area contributed by atoms with Gasteiger partial charge in [0.2, 0.25) is 5.91 Å². The first-order chi connectivity index (χ1) is 10.2. The van der Waals surface area contributed by atoms with Crippen LogP contribution in [-0.2, 0) is 11.8 Å². The molecule has 6 heteroatoms. The van der Waals surface area contributed by atoms with E-state index in [1.807, 2.05) is 22.7 Å². The second-order valence-electron chi connectivity index (χ2n) is 5.95. The molecule has 0 radical (unpaired) electrons. The summed E-state index contributed by atoms with van der Waals surface area (Å²) in [4.78, 5) is 25.2. The van der Waals surface area contributed by atoms with Crippen LogP contribution in [0.25, 0.3) is 11.0 Å². The summed E-state index contributed by atoms with van der Waals surface area (Å²) in [5.74, 6) is 1.65. The zero-order chi connectivity index (χ0) is 14.4. The maximum atomic E-state index is 12.1. The minimum Gasteiger partial charge on any atom is -0.352 e. The van der Waals surface area contributed by atoms with Crippen LogP contribution in [0.2, 0.25) is 0 Å². The average Bonchev–Trinajstić information content (AvgIpc) is 3.31. The minimum atomic E-state index is 0.316. The molecular weight excluding hydrogens is 266 g/mol. The third-order valence-electron chi connectivity index (χ3n) is 4.46. The van der Waals surface area contributed by atoms with Gasteiger partial charge in [0.25, 0.3) is 0 Å². The number of carbonyl (C=O) groups excluding carboxylic acids is 1. The minimum absolute atomic E-state index is 0.316. The Labute approximate surface area is 123 Å². The Balaban J connectivity index is 1.53. The molecule has 2 fully saturated rings. The number of nitrogens with zero attached hydrogens (tertiary/aromatic N) is 5. The molecule has 0 atom stereocenters.